The molecule has 0 bridgehead atoms. The van der Waals surface area contributed by atoms with Crippen molar-refractivity contribution in [3.8, 4) is 28.4 Å². The molecule has 3 aromatic rings. The van der Waals surface area contributed by atoms with Crippen LogP contribution in [0, 0.1) is 9.39 Å². The van der Waals surface area contributed by atoms with E-state index in [9.17, 15) is 14.6 Å². The summed E-state index contributed by atoms with van der Waals surface area (Å²) in [6.45, 7) is 0. The number of aromatic hydroxyl groups is 2. The maximum Gasteiger partial charge on any atom is 0.148 e. The van der Waals surface area contributed by atoms with Crippen molar-refractivity contribution in [2.45, 2.75) is 0 Å². The molecule has 0 aliphatic heterocycles. The van der Waals surface area contributed by atoms with Crippen molar-refractivity contribution in [1.29, 1.82) is 0 Å². The first-order valence-electron chi connectivity index (χ1n) is 6.08. The fraction of sp³-hybridized carbons (Fsp3) is 0. The number of benzene rings is 2. The second-order valence-corrected chi connectivity index (χ2v) is 5.56. The van der Waals surface area contributed by atoms with E-state index in [4.69, 9.17) is 0 Å². The standard InChI is InChI=1S/C15H10FIN2O2/c16-10-3-1-2-4-13(10)19-12(5-6-18-19)9-7-11(17)15(21)8-14(9)20/h1-8,20-21H. The molecule has 0 saturated carbocycles. The fourth-order valence-corrected chi connectivity index (χ4v) is 2.55. The Labute approximate surface area is 133 Å². The van der Waals surface area contributed by atoms with Gasteiger partial charge in [-0.15, -0.1) is 0 Å². The number of rotatable bonds is 2. The first-order valence-corrected chi connectivity index (χ1v) is 7.16. The molecule has 1 heterocycles. The van der Waals surface area contributed by atoms with Crippen LogP contribution in [-0.2, 0) is 0 Å². The highest BCUT2D eigenvalue weighted by Crippen LogP contribution is 2.36. The summed E-state index contributed by atoms with van der Waals surface area (Å²) in [5, 5.41) is 23.8. The van der Waals surface area contributed by atoms with E-state index in [1.165, 1.54) is 23.0 Å². The quantitative estimate of drug-likeness (QED) is 0.650. The molecule has 2 N–H and O–H groups in total. The van der Waals surface area contributed by atoms with Gasteiger partial charge in [0.2, 0.25) is 0 Å². The van der Waals surface area contributed by atoms with Crippen LogP contribution >= 0.6 is 22.6 Å². The predicted octanol–water partition coefficient (Wildman–Crippen LogP) is 3.69. The number of nitrogens with zero attached hydrogens (tertiary/aromatic N) is 2. The largest absolute Gasteiger partial charge is 0.507 e. The highest BCUT2D eigenvalue weighted by molar-refractivity contribution is 14.1. The van der Waals surface area contributed by atoms with Crippen LogP contribution in [0.4, 0.5) is 4.39 Å². The summed E-state index contributed by atoms with van der Waals surface area (Å²) in [6, 6.07) is 10.8. The third-order valence-electron chi connectivity index (χ3n) is 3.06. The van der Waals surface area contributed by atoms with E-state index in [0.717, 1.165) is 0 Å². The molecule has 0 spiro atoms. The Bertz CT molecular complexity index is 817. The van der Waals surface area contributed by atoms with Crippen LogP contribution in [0.3, 0.4) is 0 Å². The van der Waals surface area contributed by atoms with Gasteiger partial charge in [0.15, 0.2) is 0 Å². The number of hydrogen-bond donors (Lipinski definition) is 2. The zero-order valence-corrected chi connectivity index (χ0v) is 12.8. The van der Waals surface area contributed by atoms with Crippen molar-refractivity contribution in [2.75, 3.05) is 0 Å². The minimum Gasteiger partial charge on any atom is -0.507 e. The van der Waals surface area contributed by atoms with Crippen molar-refractivity contribution < 1.29 is 14.6 Å². The van der Waals surface area contributed by atoms with Crippen molar-refractivity contribution in [3.05, 3.63) is 58.0 Å². The summed E-state index contributed by atoms with van der Waals surface area (Å²) >= 11 is 1.96. The Kier molecular flexibility index (Phi) is 3.54. The van der Waals surface area contributed by atoms with E-state index in [0.29, 0.717) is 20.5 Å². The van der Waals surface area contributed by atoms with Crippen molar-refractivity contribution in [2.24, 2.45) is 0 Å². The van der Waals surface area contributed by atoms with Gasteiger partial charge in [-0.3, -0.25) is 0 Å². The van der Waals surface area contributed by atoms with Crippen LogP contribution in [0.25, 0.3) is 16.9 Å². The number of phenols is 2. The molecule has 3 rings (SSSR count). The first-order chi connectivity index (χ1) is 10.1. The normalized spacial score (nSPS) is 10.8. The lowest BCUT2D eigenvalue weighted by atomic mass is 10.1. The zero-order valence-electron chi connectivity index (χ0n) is 10.7. The summed E-state index contributed by atoms with van der Waals surface area (Å²) in [6.07, 6.45) is 1.53. The Morgan fingerprint density at radius 1 is 1.05 bits per heavy atom. The second-order valence-electron chi connectivity index (χ2n) is 4.40. The summed E-state index contributed by atoms with van der Waals surface area (Å²) < 4.78 is 15.9. The second kappa shape index (κ2) is 5.36. The molecule has 0 saturated heterocycles. The van der Waals surface area contributed by atoms with Gasteiger partial charge in [0.25, 0.3) is 0 Å². The summed E-state index contributed by atoms with van der Waals surface area (Å²) in [5.41, 5.74) is 1.30. The zero-order chi connectivity index (χ0) is 15.0. The predicted molar refractivity (Wildman–Crippen MR) is 85.0 cm³/mol. The van der Waals surface area contributed by atoms with Crippen molar-refractivity contribution >= 4 is 22.6 Å². The summed E-state index contributed by atoms with van der Waals surface area (Å²) in [4.78, 5) is 0. The van der Waals surface area contributed by atoms with Gasteiger partial charge in [0.05, 0.1) is 15.5 Å². The molecule has 2 aromatic carbocycles. The van der Waals surface area contributed by atoms with Gasteiger partial charge in [0.1, 0.15) is 23.0 Å². The van der Waals surface area contributed by atoms with Gasteiger partial charge in [-0.1, -0.05) is 12.1 Å². The third-order valence-corrected chi connectivity index (χ3v) is 3.93. The van der Waals surface area contributed by atoms with Crippen LogP contribution in [0.1, 0.15) is 0 Å². The van der Waals surface area contributed by atoms with Gasteiger partial charge in [-0.25, -0.2) is 9.07 Å². The molecule has 6 heteroatoms. The van der Waals surface area contributed by atoms with Crippen LogP contribution < -0.4 is 0 Å². The van der Waals surface area contributed by atoms with Crippen molar-refractivity contribution in [3.63, 3.8) is 0 Å². The number of phenolic OH excluding ortho intramolecular Hbond substituents is 2. The lowest BCUT2D eigenvalue weighted by Gasteiger charge is -2.11. The Hall–Kier alpha value is -2.09. The number of hydrogen-bond acceptors (Lipinski definition) is 3. The highest BCUT2D eigenvalue weighted by Gasteiger charge is 2.15. The molecule has 0 amide bonds. The highest BCUT2D eigenvalue weighted by atomic mass is 127. The summed E-state index contributed by atoms with van der Waals surface area (Å²) in [5.74, 6) is -0.504. The van der Waals surface area contributed by atoms with Crippen LogP contribution in [0.15, 0.2) is 48.7 Å². The SMILES string of the molecule is Oc1cc(O)c(-c2ccnn2-c2ccccc2F)cc1I. The van der Waals surface area contributed by atoms with E-state index in [1.807, 2.05) is 22.6 Å². The Balaban J connectivity index is 2.21. The minimum atomic E-state index is -0.407. The van der Waals surface area contributed by atoms with Gasteiger partial charge in [-0.2, -0.15) is 5.10 Å². The topological polar surface area (TPSA) is 58.3 Å². The average Bonchev–Trinajstić information content (AvgIpc) is 2.92. The van der Waals surface area contributed by atoms with E-state index in [2.05, 4.69) is 5.10 Å². The van der Waals surface area contributed by atoms with Crippen LogP contribution in [0.5, 0.6) is 11.5 Å². The van der Waals surface area contributed by atoms with E-state index in [-0.39, 0.29) is 11.5 Å². The van der Waals surface area contributed by atoms with Gasteiger partial charge >= 0.3 is 0 Å². The molecule has 0 unspecified atom stereocenters. The maximum atomic E-state index is 13.9. The molecule has 0 aliphatic rings. The molecule has 0 fully saturated rings. The van der Waals surface area contributed by atoms with Gasteiger partial charge in [0, 0.05) is 11.6 Å². The third kappa shape index (κ3) is 2.46. The van der Waals surface area contributed by atoms with Gasteiger partial charge in [-0.05, 0) is 46.9 Å². The lowest BCUT2D eigenvalue weighted by Crippen LogP contribution is -2.01. The monoisotopic (exact) mass is 396 g/mol. The number of para-hydroxylation sites is 1. The molecular weight excluding hydrogens is 386 g/mol. The molecule has 21 heavy (non-hydrogen) atoms. The fourth-order valence-electron chi connectivity index (χ4n) is 2.08. The van der Waals surface area contributed by atoms with Crippen LogP contribution in [0.2, 0.25) is 0 Å². The smallest absolute Gasteiger partial charge is 0.148 e. The molecule has 0 aliphatic carbocycles. The van der Waals surface area contributed by atoms with Gasteiger partial charge < -0.3 is 10.2 Å². The number of halogens is 2. The van der Waals surface area contributed by atoms with E-state index >= 15 is 0 Å². The molecule has 4 nitrogen and oxygen atoms in total. The number of aromatic nitrogens is 2. The lowest BCUT2D eigenvalue weighted by molar-refractivity contribution is 0.449. The van der Waals surface area contributed by atoms with E-state index in [1.54, 1.807) is 30.3 Å². The Morgan fingerprint density at radius 2 is 1.81 bits per heavy atom. The average molecular weight is 396 g/mol. The van der Waals surface area contributed by atoms with E-state index < -0.39 is 5.82 Å². The Morgan fingerprint density at radius 3 is 2.57 bits per heavy atom. The molecule has 1 aromatic heterocycles. The van der Waals surface area contributed by atoms with Crippen molar-refractivity contribution in [1.82, 2.24) is 9.78 Å². The van der Waals surface area contributed by atoms with Crippen LogP contribution in [-0.4, -0.2) is 20.0 Å². The molecule has 0 radical (unpaired) electrons. The molecular formula is C15H10FIN2O2. The summed E-state index contributed by atoms with van der Waals surface area (Å²) in [7, 11) is 0. The maximum absolute atomic E-state index is 13.9. The minimum absolute atomic E-state index is 0.00573. The molecule has 0 atom stereocenters. The molecule has 106 valence electrons. The first kappa shape index (κ1) is 13.9.